The van der Waals surface area contributed by atoms with Crippen LogP contribution in [0.4, 0.5) is 5.69 Å². The number of nitrogens with zero attached hydrogens (tertiary/aromatic N) is 2. The third kappa shape index (κ3) is 5.45. The monoisotopic (exact) mass is 523 g/mol. The normalized spacial score (nSPS) is 16.1. The van der Waals surface area contributed by atoms with Crippen LogP contribution in [0.3, 0.4) is 0 Å². The lowest BCUT2D eigenvalue weighted by Crippen LogP contribution is -2.29. The topological polar surface area (TPSA) is 71.0 Å². The predicted molar refractivity (Wildman–Crippen MR) is 133 cm³/mol. The first-order chi connectivity index (χ1) is 15.8. The summed E-state index contributed by atoms with van der Waals surface area (Å²) in [5, 5.41) is 7.94. The first-order valence-corrected chi connectivity index (χ1v) is 12.6. The van der Waals surface area contributed by atoms with Crippen LogP contribution >= 0.6 is 34.8 Å². The molecule has 0 bridgehead atoms. The summed E-state index contributed by atoms with van der Waals surface area (Å²) in [5.74, 6) is 0.740. The minimum Gasteiger partial charge on any atom is -0.497 e. The molecule has 3 aromatic carbocycles. The third-order valence-electron chi connectivity index (χ3n) is 5.22. The molecule has 0 aliphatic carbocycles. The highest BCUT2D eigenvalue weighted by Gasteiger charge is 2.31. The third-order valence-corrected chi connectivity index (χ3v) is 7.43. The van der Waals surface area contributed by atoms with Crippen LogP contribution in [0.25, 0.3) is 0 Å². The summed E-state index contributed by atoms with van der Waals surface area (Å²) >= 11 is 18.4. The van der Waals surface area contributed by atoms with E-state index >= 15 is 0 Å². The molecule has 0 saturated carbocycles. The van der Waals surface area contributed by atoms with E-state index in [1.54, 1.807) is 30.3 Å². The van der Waals surface area contributed by atoms with E-state index in [0.717, 1.165) is 11.3 Å². The Hall–Kier alpha value is -2.29. The molecule has 1 unspecified atom stereocenters. The maximum atomic E-state index is 12.7. The summed E-state index contributed by atoms with van der Waals surface area (Å²) in [7, 11) is -2.11. The zero-order valence-corrected chi connectivity index (χ0v) is 20.6. The first kappa shape index (κ1) is 23.9. The Morgan fingerprint density at radius 3 is 2.30 bits per heavy atom. The van der Waals surface area contributed by atoms with E-state index in [1.807, 2.05) is 24.3 Å². The molecule has 172 valence electrons. The summed E-state index contributed by atoms with van der Waals surface area (Å²) in [4.78, 5) is 0.134. The Kier molecular flexibility index (Phi) is 7.16. The molecule has 10 heteroatoms. The van der Waals surface area contributed by atoms with Crippen LogP contribution in [0.1, 0.15) is 18.0 Å². The number of benzene rings is 3. The number of halogens is 3. The summed E-state index contributed by atoms with van der Waals surface area (Å²) in [5.41, 5.74) is 2.33. The fourth-order valence-electron chi connectivity index (χ4n) is 3.53. The smallest absolute Gasteiger partial charge is 0.240 e. The van der Waals surface area contributed by atoms with Gasteiger partial charge in [0.05, 0.1) is 41.0 Å². The molecule has 6 nitrogen and oxygen atoms in total. The molecule has 0 radical (unpaired) electrons. The van der Waals surface area contributed by atoms with Crippen LogP contribution in [0.15, 0.2) is 76.7 Å². The summed E-state index contributed by atoms with van der Waals surface area (Å²) in [6, 6.07) is 18.7. The molecule has 0 aromatic heterocycles. The molecular weight excluding hydrogens is 505 g/mol. The number of sulfonamides is 1. The summed E-state index contributed by atoms with van der Waals surface area (Å²) in [6.45, 7) is 0.0549. The summed E-state index contributed by atoms with van der Waals surface area (Å²) < 4.78 is 33.3. The second-order valence-electron chi connectivity index (χ2n) is 7.38. The lowest BCUT2D eigenvalue weighted by Gasteiger charge is -2.25. The molecule has 0 saturated heterocycles. The molecule has 1 N–H and O–H groups in total. The van der Waals surface area contributed by atoms with Gasteiger partial charge in [-0.15, -0.1) is 0 Å². The minimum absolute atomic E-state index is 0.0549. The molecule has 1 heterocycles. The van der Waals surface area contributed by atoms with Crippen LogP contribution in [-0.2, 0) is 10.0 Å². The van der Waals surface area contributed by atoms with E-state index in [4.69, 9.17) is 44.6 Å². The van der Waals surface area contributed by atoms with Gasteiger partial charge in [0.1, 0.15) is 5.75 Å². The zero-order chi connectivity index (χ0) is 23.6. The average Bonchev–Trinajstić information content (AvgIpc) is 3.22. The standard InChI is InChI=1S/C23H20Cl3N3O3S/c1-32-19-7-2-15(3-8-19)23-13-18(28-29(23)22-11-6-17(25)12-21(22)26)14-27-33(30,31)20-9-4-16(24)5-10-20/h2-12,23,27H,13-14H2,1H3. The van der Waals surface area contributed by atoms with Crippen LogP contribution in [0.2, 0.25) is 15.1 Å². The van der Waals surface area contributed by atoms with Crippen LogP contribution in [0, 0.1) is 0 Å². The maximum absolute atomic E-state index is 12.7. The number of hydrazone groups is 1. The van der Waals surface area contributed by atoms with Crippen molar-refractivity contribution in [2.24, 2.45) is 5.10 Å². The van der Waals surface area contributed by atoms with E-state index in [9.17, 15) is 8.42 Å². The first-order valence-electron chi connectivity index (χ1n) is 9.96. The molecule has 1 atom stereocenters. The lowest BCUT2D eigenvalue weighted by molar-refractivity contribution is 0.414. The SMILES string of the molecule is COc1ccc(C2CC(CNS(=O)(=O)c3ccc(Cl)cc3)=NN2c2ccc(Cl)cc2Cl)cc1. The number of hydrogen-bond donors (Lipinski definition) is 1. The molecular formula is C23H20Cl3N3O3S. The van der Waals surface area contributed by atoms with Crippen LogP contribution in [-0.4, -0.2) is 27.8 Å². The molecule has 1 aliphatic heterocycles. The number of hydrogen-bond acceptors (Lipinski definition) is 5. The van der Waals surface area contributed by atoms with Gasteiger partial charge in [0.2, 0.25) is 10.0 Å². The quantitative estimate of drug-likeness (QED) is 0.415. The van der Waals surface area contributed by atoms with E-state index in [-0.39, 0.29) is 17.5 Å². The van der Waals surface area contributed by atoms with Crippen molar-refractivity contribution in [2.75, 3.05) is 18.7 Å². The van der Waals surface area contributed by atoms with E-state index in [2.05, 4.69) is 4.72 Å². The Morgan fingerprint density at radius 2 is 1.67 bits per heavy atom. The molecule has 1 aliphatic rings. The highest BCUT2D eigenvalue weighted by Crippen LogP contribution is 2.39. The van der Waals surface area contributed by atoms with Gasteiger partial charge < -0.3 is 4.74 Å². The van der Waals surface area contributed by atoms with Gasteiger partial charge in [-0.25, -0.2) is 13.1 Å². The van der Waals surface area contributed by atoms with Crippen molar-refractivity contribution in [1.29, 1.82) is 0 Å². The molecule has 4 rings (SSSR count). The predicted octanol–water partition coefficient (Wildman–Crippen LogP) is 5.94. The highest BCUT2D eigenvalue weighted by atomic mass is 35.5. The zero-order valence-electron chi connectivity index (χ0n) is 17.5. The second-order valence-corrected chi connectivity index (χ2v) is 10.4. The van der Waals surface area contributed by atoms with E-state index in [1.165, 1.54) is 24.3 Å². The Bertz CT molecular complexity index is 1280. The van der Waals surface area contributed by atoms with Crippen LogP contribution < -0.4 is 14.5 Å². The van der Waals surface area contributed by atoms with Gasteiger partial charge >= 0.3 is 0 Å². The molecule has 0 fully saturated rings. The van der Waals surface area contributed by atoms with Gasteiger partial charge in [-0.1, -0.05) is 46.9 Å². The van der Waals surface area contributed by atoms with Crippen molar-refractivity contribution < 1.29 is 13.2 Å². The van der Waals surface area contributed by atoms with Gasteiger partial charge in [0.15, 0.2) is 0 Å². The van der Waals surface area contributed by atoms with E-state index in [0.29, 0.717) is 32.9 Å². The molecule has 0 spiro atoms. The lowest BCUT2D eigenvalue weighted by atomic mass is 10.0. The molecule has 33 heavy (non-hydrogen) atoms. The fraction of sp³-hybridized carbons (Fsp3) is 0.174. The van der Waals surface area contributed by atoms with Crippen molar-refractivity contribution in [2.45, 2.75) is 17.4 Å². The fourth-order valence-corrected chi connectivity index (χ4v) is 5.17. The average molecular weight is 525 g/mol. The van der Waals surface area contributed by atoms with Gasteiger partial charge in [0, 0.05) is 16.5 Å². The van der Waals surface area contributed by atoms with Crippen LogP contribution in [0.5, 0.6) is 5.75 Å². The van der Waals surface area contributed by atoms with Gasteiger partial charge in [-0.3, -0.25) is 5.01 Å². The number of anilines is 1. The summed E-state index contributed by atoms with van der Waals surface area (Å²) in [6.07, 6.45) is 0.508. The number of methoxy groups -OCH3 is 1. The van der Waals surface area contributed by atoms with E-state index < -0.39 is 10.0 Å². The van der Waals surface area contributed by atoms with Crippen molar-refractivity contribution in [3.63, 3.8) is 0 Å². The van der Waals surface area contributed by atoms with Crippen molar-refractivity contribution in [3.8, 4) is 5.75 Å². The highest BCUT2D eigenvalue weighted by molar-refractivity contribution is 7.89. The Labute approximate surface area is 207 Å². The number of ether oxygens (including phenoxy) is 1. The number of nitrogens with one attached hydrogen (secondary N) is 1. The minimum atomic E-state index is -3.72. The van der Waals surface area contributed by atoms with Crippen molar-refractivity contribution in [3.05, 3.63) is 87.4 Å². The maximum Gasteiger partial charge on any atom is 0.240 e. The van der Waals surface area contributed by atoms with Gasteiger partial charge in [-0.05, 0) is 60.2 Å². The molecule has 0 amide bonds. The van der Waals surface area contributed by atoms with Crippen molar-refractivity contribution in [1.82, 2.24) is 4.72 Å². The van der Waals surface area contributed by atoms with Gasteiger partial charge in [-0.2, -0.15) is 5.10 Å². The Balaban J connectivity index is 1.60. The van der Waals surface area contributed by atoms with Gasteiger partial charge in [0.25, 0.3) is 0 Å². The van der Waals surface area contributed by atoms with Crippen molar-refractivity contribution >= 4 is 56.2 Å². The second kappa shape index (κ2) is 9.91. The molecule has 3 aromatic rings. The Morgan fingerprint density at radius 1 is 1.00 bits per heavy atom. The largest absolute Gasteiger partial charge is 0.497 e. The number of rotatable bonds is 7.